The average molecular weight is 451 g/mol. The van der Waals surface area contributed by atoms with E-state index in [1.165, 1.54) is 36.8 Å². The highest BCUT2D eigenvalue weighted by Crippen LogP contribution is 2.31. The number of rotatable bonds is 1. The Morgan fingerprint density at radius 3 is 1.47 bits per heavy atom. The second-order valence-electron chi connectivity index (χ2n) is 6.68. The summed E-state index contributed by atoms with van der Waals surface area (Å²) in [6, 6.07) is 22.5. The van der Waals surface area contributed by atoms with Crippen LogP contribution in [0.2, 0.25) is 0 Å². The lowest BCUT2D eigenvalue weighted by atomic mass is 10.0. The van der Waals surface area contributed by atoms with E-state index < -0.39 is 11.7 Å². The number of alkyl halides is 3. The van der Waals surface area contributed by atoms with Crippen LogP contribution in [-0.2, 0) is 6.18 Å². The molecule has 0 spiro atoms. The number of halogens is 4. The summed E-state index contributed by atoms with van der Waals surface area (Å²) < 4.78 is 48.3. The van der Waals surface area contributed by atoms with Crippen LogP contribution in [0, 0.1) is 19.7 Å². The van der Waals surface area contributed by atoms with Gasteiger partial charge in [0.25, 0.3) is 0 Å². The third-order valence-corrected chi connectivity index (χ3v) is 3.90. The second-order valence-corrected chi connectivity index (χ2v) is 6.68. The molecule has 3 aromatic carbocycles. The number of aryl methyl sites for hydroxylation is 2. The van der Waals surface area contributed by atoms with Crippen molar-refractivity contribution in [2.75, 3.05) is 0 Å². The predicted octanol–water partition coefficient (Wildman–Crippen LogP) is 10.0. The molecule has 0 saturated carbocycles. The molecule has 0 bridgehead atoms. The molecular formula is C28H38F4. The summed E-state index contributed by atoms with van der Waals surface area (Å²) in [4.78, 5) is 0. The van der Waals surface area contributed by atoms with Crippen LogP contribution in [0.4, 0.5) is 17.6 Å². The first-order chi connectivity index (χ1) is 15.1. The van der Waals surface area contributed by atoms with Crippen molar-refractivity contribution in [2.24, 2.45) is 0 Å². The van der Waals surface area contributed by atoms with E-state index in [1.54, 1.807) is 12.1 Å². The maximum absolute atomic E-state index is 12.2. The van der Waals surface area contributed by atoms with Gasteiger partial charge < -0.3 is 0 Å². The molecule has 3 aromatic rings. The highest BCUT2D eigenvalue weighted by atomic mass is 19.4. The van der Waals surface area contributed by atoms with Gasteiger partial charge in [-0.2, -0.15) is 13.2 Å². The van der Waals surface area contributed by atoms with Gasteiger partial charge in [0.05, 0.1) is 5.56 Å². The lowest BCUT2D eigenvalue weighted by Gasteiger charge is -2.08. The van der Waals surface area contributed by atoms with Gasteiger partial charge in [-0.15, -0.1) is 0 Å². The molecule has 0 aliphatic heterocycles. The zero-order chi connectivity index (χ0) is 25.2. The lowest BCUT2D eigenvalue weighted by Crippen LogP contribution is -2.06. The fourth-order valence-electron chi connectivity index (χ4n) is 2.33. The summed E-state index contributed by atoms with van der Waals surface area (Å²) >= 11 is 0. The summed E-state index contributed by atoms with van der Waals surface area (Å²) in [7, 11) is 0. The number of hydrogen-bond donors (Lipinski definition) is 0. The maximum Gasteiger partial charge on any atom is 0.416 e. The Bertz CT molecular complexity index is 805. The summed E-state index contributed by atoms with van der Waals surface area (Å²) in [5.41, 5.74) is 2.09. The minimum atomic E-state index is -4.22. The molecule has 0 atom stereocenters. The van der Waals surface area contributed by atoms with Gasteiger partial charge in [0.1, 0.15) is 5.82 Å². The molecule has 0 fully saturated rings. The molecule has 0 heterocycles. The molecule has 0 radical (unpaired) electrons. The maximum atomic E-state index is 12.2. The largest absolute Gasteiger partial charge is 0.416 e. The highest BCUT2D eigenvalue weighted by molar-refractivity contribution is 5.27. The van der Waals surface area contributed by atoms with Crippen LogP contribution in [0.1, 0.15) is 69.7 Å². The highest BCUT2D eigenvalue weighted by Gasteiger charge is 2.31. The molecule has 0 aliphatic rings. The molecule has 32 heavy (non-hydrogen) atoms. The Hall–Kier alpha value is -2.62. The van der Waals surface area contributed by atoms with Crippen molar-refractivity contribution in [3.8, 4) is 0 Å². The molecule has 0 aromatic heterocycles. The molecule has 0 aliphatic carbocycles. The van der Waals surface area contributed by atoms with E-state index >= 15 is 0 Å². The fraction of sp³-hybridized carbons (Fsp3) is 0.357. The smallest absolute Gasteiger partial charge is 0.207 e. The Kier molecular flexibility index (Phi) is 17.8. The monoisotopic (exact) mass is 450 g/mol. The summed E-state index contributed by atoms with van der Waals surface area (Å²) in [6.45, 7) is 15.7. The van der Waals surface area contributed by atoms with Gasteiger partial charge in [-0.05, 0) is 54.7 Å². The van der Waals surface area contributed by atoms with Crippen LogP contribution in [0.25, 0.3) is 0 Å². The fourth-order valence-corrected chi connectivity index (χ4v) is 2.33. The van der Waals surface area contributed by atoms with Gasteiger partial charge in [0, 0.05) is 0 Å². The molecule has 0 nitrogen and oxygen atoms in total. The van der Waals surface area contributed by atoms with Crippen molar-refractivity contribution in [3.05, 3.63) is 107 Å². The van der Waals surface area contributed by atoms with Crippen molar-refractivity contribution in [2.45, 2.75) is 67.5 Å². The standard InChI is InChI=1S/C9H12.C8H7F3.C7H7F.2C2H6/c1-8(2)9-6-4-3-5-7-9;1-6-4-2-3-5-7(6)8(9,10)11;1-6-3-2-4-7(8)5-6;2*1-2/h3-8H,1-2H3;2-5H,1H3;2-5H,1H3;2*1-2H3. The van der Waals surface area contributed by atoms with Gasteiger partial charge >= 0.3 is 6.18 Å². The van der Waals surface area contributed by atoms with Gasteiger partial charge in [0.2, 0.25) is 0 Å². The van der Waals surface area contributed by atoms with Crippen molar-refractivity contribution in [1.29, 1.82) is 0 Å². The molecule has 4 heteroatoms. The van der Waals surface area contributed by atoms with Crippen LogP contribution < -0.4 is 0 Å². The molecule has 0 N–H and O–H groups in total. The lowest BCUT2D eigenvalue weighted by molar-refractivity contribution is -0.138. The van der Waals surface area contributed by atoms with Crippen LogP contribution in [0.3, 0.4) is 0 Å². The topological polar surface area (TPSA) is 0 Å². The quantitative estimate of drug-likeness (QED) is 0.324. The number of benzene rings is 3. The average Bonchev–Trinajstić information content (AvgIpc) is 2.77. The molecule has 0 unspecified atom stereocenters. The van der Waals surface area contributed by atoms with E-state index in [-0.39, 0.29) is 11.4 Å². The van der Waals surface area contributed by atoms with E-state index in [9.17, 15) is 17.6 Å². The Morgan fingerprint density at radius 2 is 1.16 bits per heavy atom. The normalized spacial score (nSPS) is 9.53. The third kappa shape index (κ3) is 14.4. The predicted molar refractivity (Wildman–Crippen MR) is 131 cm³/mol. The first-order valence-corrected chi connectivity index (χ1v) is 11.0. The summed E-state index contributed by atoms with van der Waals surface area (Å²) in [5.74, 6) is 0.496. The molecule has 0 saturated heterocycles. The van der Waals surface area contributed by atoms with Gasteiger partial charge in [0.15, 0.2) is 0 Å². The zero-order valence-electron chi connectivity index (χ0n) is 20.6. The second kappa shape index (κ2) is 18.0. The zero-order valence-corrected chi connectivity index (χ0v) is 20.6. The van der Waals surface area contributed by atoms with E-state index in [0.29, 0.717) is 5.92 Å². The van der Waals surface area contributed by atoms with Gasteiger partial charge in [-0.3, -0.25) is 0 Å². The van der Waals surface area contributed by atoms with Crippen molar-refractivity contribution in [3.63, 3.8) is 0 Å². The van der Waals surface area contributed by atoms with Crippen LogP contribution >= 0.6 is 0 Å². The Balaban J connectivity index is 0. The first kappa shape index (κ1) is 31.6. The van der Waals surface area contributed by atoms with Crippen molar-refractivity contribution in [1.82, 2.24) is 0 Å². The number of hydrogen-bond acceptors (Lipinski definition) is 0. The van der Waals surface area contributed by atoms with E-state index in [1.807, 2.05) is 46.8 Å². The van der Waals surface area contributed by atoms with Crippen LogP contribution in [-0.4, -0.2) is 0 Å². The molecule has 178 valence electrons. The van der Waals surface area contributed by atoms with E-state index in [4.69, 9.17) is 0 Å². The van der Waals surface area contributed by atoms with Gasteiger partial charge in [-0.25, -0.2) is 4.39 Å². The summed E-state index contributed by atoms with van der Waals surface area (Å²) in [5, 5.41) is 0. The Labute approximate surface area is 192 Å². The van der Waals surface area contributed by atoms with Crippen molar-refractivity contribution >= 4 is 0 Å². The molecular weight excluding hydrogens is 412 g/mol. The SMILES string of the molecule is CC.CC.CC(C)c1ccccc1.Cc1cccc(F)c1.Cc1ccccc1C(F)(F)F. The van der Waals surface area contributed by atoms with E-state index in [2.05, 4.69) is 38.1 Å². The van der Waals surface area contributed by atoms with Crippen LogP contribution in [0.5, 0.6) is 0 Å². The Morgan fingerprint density at radius 1 is 0.656 bits per heavy atom. The van der Waals surface area contributed by atoms with Crippen LogP contribution in [0.15, 0.2) is 78.9 Å². The first-order valence-electron chi connectivity index (χ1n) is 11.0. The minimum Gasteiger partial charge on any atom is -0.207 e. The van der Waals surface area contributed by atoms with Crippen molar-refractivity contribution < 1.29 is 17.6 Å². The van der Waals surface area contributed by atoms with E-state index in [0.717, 1.165) is 11.6 Å². The third-order valence-electron chi connectivity index (χ3n) is 3.90. The minimum absolute atomic E-state index is 0.162. The summed E-state index contributed by atoms with van der Waals surface area (Å²) in [6.07, 6.45) is -4.22. The molecule has 0 amide bonds. The molecule has 3 rings (SSSR count). The van der Waals surface area contributed by atoms with Gasteiger partial charge in [-0.1, -0.05) is 102 Å².